The number of rotatable bonds is 5. The lowest BCUT2D eigenvalue weighted by molar-refractivity contribution is -0.394. The number of aryl methyl sites for hydroxylation is 1. The van der Waals surface area contributed by atoms with Gasteiger partial charge < -0.3 is 10.1 Å². The van der Waals surface area contributed by atoms with Gasteiger partial charge in [0.2, 0.25) is 0 Å². The molecule has 78 valence electrons. The van der Waals surface area contributed by atoms with Gasteiger partial charge in [0.05, 0.1) is 6.54 Å². The molecule has 0 fully saturated rings. The molecule has 1 aromatic heterocycles. The third kappa shape index (κ3) is 2.95. The van der Waals surface area contributed by atoms with Crippen LogP contribution in [0.3, 0.4) is 0 Å². The molecule has 0 aliphatic heterocycles. The summed E-state index contributed by atoms with van der Waals surface area (Å²) in [5.74, 6) is 0.428. The SMILES string of the molecule is O=[N+]([O-])c1nc(Br)n(CCCCS)n1. The second-order valence-electron chi connectivity index (χ2n) is 2.59. The minimum absolute atomic E-state index is 0.372. The van der Waals surface area contributed by atoms with Gasteiger partial charge in [0.15, 0.2) is 0 Å². The maximum Gasteiger partial charge on any atom is 0.492 e. The van der Waals surface area contributed by atoms with Crippen molar-refractivity contribution in [3.8, 4) is 0 Å². The van der Waals surface area contributed by atoms with Crippen molar-refractivity contribution in [2.24, 2.45) is 0 Å². The van der Waals surface area contributed by atoms with Crippen LogP contribution in [0.25, 0.3) is 0 Å². The molecule has 0 unspecified atom stereocenters. The largest absolute Gasteiger partial charge is 0.492 e. The second kappa shape index (κ2) is 5.30. The van der Waals surface area contributed by atoms with Crippen LogP contribution in [0, 0.1) is 10.1 Å². The van der Waals surface area contributed by atoms with Crippen molar-refractivity contribution >= 4 is 34.5 Å². The molecule has 0 spiro atoms. The van der Waals surface area contributed by atoms with Gasteiger partial charge in [-0.2, -0.15) is 17.3 Å². The fraction of sp³-hybridized carbons (Fsp3) is 0.667. The fourth-order valence-electron chi connectivity index (χ4n) is 0.905. The van der Waals surface area contributed by atoms with E-state index in [9.17, 15) is 10.1 Å². The van der Waals surface area contributed by atoms with E-state index in [0.717, 1.165) is 18.6 Å². The molecule has 0 aromatic carbocycles. The van der Waals surface area contributed by atoms with E-state index in [-0.39, 0.29) is 5.95 Å². The summed E-state index contributed by atoms with van der Waals surface area (Å²) in [5, 5.41) is 14.0. The second-order valence-corrected chi connectivity index (χ2v) is 3.75. The van der Waals surface area contributed by atoms with Crippen LogP contribution >= 0.6 is 28.6 Å². The van der Waals surface area contributed by atoms with Crippen LogP contribution in [0.4, 0.5) is 5.95 Å². The van der Waals surface area contributed by atoms with Gasteiger partial charge in [-0.3, -0.25) is 0 Å². The Balaban J connectivity index is 2.63. The number of thiol groups is 1. The highest BCUT2D eigenvalue weighted by atomic mass is 79.9. The first kappa shape index (κ1) is 11.4. The Morgan fingerprint density at radius 1 is 1.57 bits per heavy atom. The molecule has 0 bridgehead atoms. The average Bonchev–Trinajstić information content (AvgIpc) is 2.49. The lowest BCUT2D eigenvalue weighted by Crippen LogP contribution is -2.01. The molecule has 8 heteroatoms. The Morgan fingerprint density at radius 3 is 2.79 bits per heavy atom. The standard InChI is InChI=1S/C6H9BrN4O2S/c7-5-8-6(11(12)13)9-10(5)3-1-2-4-14/h14H,1-4H2. The quantitative estimate of drug-likeness (QED) is 0.385. The van der Waals surface area contributed by atoms with Crippen molar-refractivity contribution in [3.05, 3.63) is 14.8 Å². The Kier molecular flexibility index (Phi) is 4.33. The summed E-state index contributed by atoms with van der Waals surface area (Å²) in [6, 6.07) is 0. The minimum Gasteiger partial charge on any atom is -0.390 e. The normalized spacial score (nSPS) is 10.4. The molecule has 0 saturated carbocycles. The van der Waals surface area contributed by atoms with E-state index in [2.05, 4.69) is 38.6 Å². The van der Waals surface area contributed by atoms with E-state index in [1.165, 1.54) is 4.68 Å². The number of hydrogen-bond acceptors (Lipinski definition) is 5. The van der Waals surface area contributed by atoms with Gasteiger partial charge in [0, 0.05) is 21.0 Å². The van der Waals surface area contributed by atoms with Crippen LogP contribution in [-0.4, -0.2) is 25.4 Å². The van der Waals surface area contributed by atoms with E-state index < -0.39 is 4.92 Å². The molecule has 0 atom stereocenters. The van der Waals surface area contributed by atoms with E-state index in [4.69, 9.17) is 0 Å². The van der Waals surface area contributed by atoms with Crippen molar-refractivity contribution in [1.29, 1.82) is 0 Å². The highest BCUT2D eigenvalue weighted by Crippen LogP contribution is 2.12. The lowest BCUT2D eigenvalue weighted by atomic mass is 10.3. The Hall–Kier alpha value is -0.630. The molecule has 0 radical (unpaired) electrons. The van der Waals surface area contributed by atoms with E-state index in [1.54, 1.807) is 0 Å². The molecule has 14 heavy (non-hydrogen) atoms. The molecule has 0 aliphatic carbocycles. The maximum absolute atomic E-state index is 10.3. The van der Waals surface area contributed by atoms with E-state index in [1.807, 2.05) is 0 Å². The first-order chi connectivity index (χ1) is 6.65. The third-order valence-corrected chi connectivity index (χ3v) is 2.46. The van der Waals surface area contributed by atoms with Crippen molar-refractivity contribution in [1.82, 2.24) is 14.8 Å². The fourth-order valence-corrected chi connectivity index (χ4v) is 1.54. The number of nitrogens with zero attached hydrogens (tertiary/aromatic N) is 4. The zero-order valence-electron chi connectivity index (χ0n) is 7.26. The van der Waals surface area contributed by atoms with Gasteiger partial charge in [-0.1, -0.05) is 0 Å². The summed E-state index contributed by atoms with van der Waals surface area (Å²) < 4.78 is 1.87. The Morgan fingerprint density at radius 2 is 2.29 bits per heavy atom. The summed E-state index contributed by atoms with van der Waals surface area (Å²) in [7, 11) is 0. The smallest absolute Gasteiger partial charge is 0.390 e. The van der Waals surface area contributed by atoms with Gasteiger partial charge in [0.25, 0.3) is 4.73 Å². The van der Waals surface area contributed by atoms with Crippen molar-refractivity contribution < 1.29 is 4.92 Å². The maximum atomic E-state index is 10.3. The first-order valence-corrected chi connectivity index (χ1v) is 5.43. The summed E-state index contributed by atoms with van der Waals surface area (Å²) in [6.45, 7) is 0.613. The number of unbranched alkanes of at least 4 members (excludes halogenated alkanes) is 1. The van der Waals surface area contributed by atoms with Crippen LogP contribution < -0.4 is 0 Å². The van der Waals surface area contributed by atoms with Crippen LogP contribution in [0.1, 0.15) is 12.8 Å². The number of hydrogen-bond donors (Lipinski definition) is 1. The third-order valence-electron chi connectivity index (χ3n) is 1.56. The predicted octanol–water partition coefficient (Wildman–Crippen LogP) is 1.66. The molecule has 0 aliphatic rings. The van der Waals surface area contributed by atoms with E-state index in [0.29, 0.717) is 11.3 Å². The molecule has 0 N–H and O–H groups in total. The minimum atomic E-state index is -0.611. The summed E-state index contributed by atoms with van der Waals surface area (Å²) in [6.07, 6.45) is 1.83. The topological polar surface area (TPSA) is 73.8 Å². The first-order valence-electron chi connectivity index (χ1n) is 4.00. The van der Waals surface area contributed by atoms with Crippen molar-refractivity contribution in [3.63, 3.8) is 0 Å². The lowest BCUT2D eigenvalue weighted by Gasteiger charge is -1.95. The molecular formula is C6H9BrN4O2S. The van der Waals surface area contributed by atoms with Crippen LogP contribution in [0.5, 0.6) is 0 Å². The van der Waals surface area contributed by atoms with Gasteiger partial charge in [-0.05, 0) is 28.5 Å². The molecule has 1 aromatic rings. The zero-order valence-corrected chi connectivity index (χ0v) is 9.74. The molecule has 6 nitrogen and oxygen atoms in total. The van der Waals surface area contributed by atoms with Gasteiger partial charge in [0.1, 0.15) is 0 Å². The summed E-state index contributed by atoms with van der Waals surface area (Å²) in [5.41, 5.74) is 0. The Labute approximate surface area is 94.4 Å². The van der Waals surface area contributed by atoms with Crippen molar-refractivity contribution in [2.45, 2.75) is 19.4 Å². The van der Waals surface area contributed by atoms with Crippen LogP contribution in [-0.2, 0) is 6.54 Å². The summed E-state index contributed by atoms with van der Waals surface area (Å²) in [4.78, 5) is 13.4. The van der Waals surface area contributed by atoms with Crippen LogP contribution in [0.15, 0.2) is 4.73 Å². The number of aromatic nitrogens is 3. The van der Waals surface area contributed by atoms with E-state index >= 15 is 0 Å². The highest BCUT2D eigenvalue weighted by molar-refractivity contribution is 9.10. The molecule has 1 rings (SSSR count). The molecule has 1 heterocycles. The average molecular weight is 281 g/mol. The predicted molar refractivity (Wildman–Crippen MR) is 57.5 cm³/mol. The van der Waals surface area contributed by atoms with Gasteiger partial charge in [-0.15, -0.1) is 0 Å². The Bertz CT molecular complexity index is 330. The molecule has 0 amide bonds. The molecule has 0 saturated heterocycles. The van der Waals surface area contributed by atoms with Crippen LogP contribution in [0.2, 0.25) is 0 Å². The van der Waals surface area contributed by atoms with Gasteiger partial charge in [-0.25, -0.2) is 0 Å². The zero-order chi connectivity index (χ0) is 10.6. The summed E-state index contributed by atoms with van der Waals surface area (Å²) >= 11 is 7.17. The number of halogens is 1. The molecular weight excluding hydrogens is 272 g/mol. The van der Waals surface area contributed by atoms with Gasteiger partial charge >= 0.3 is 5.95 Å². The monoisotopic (exact) mass is 280 g/mol. The number of nitro groups is 1. The highest BCUT2D eigenvalue weighted by Gasteiger charge is 2.18. The van der Waals surface area contributed by atoms with Crippen molar-refractivity contribution in [2.75, 3.05) is 5.75 Å².